The summed E-state index contributed by atoms with van der Waals surface area (Å²) in [5, 5.41) is 2.80. The minimum absolute atomic E-state index is 0.195. The van der Waals surface area contributed by atoms with E-state index in [2.05, 4.69) is 10.3 Å². The molecule has 1 N–H and O–H groups in total. The zero-order chi connectivity index (χ0) is 19.9. The first-order valence-electron chi connectivity index (χ1n) is 8.79. The van der Waals surface area contributed by atoms with E-state index in [9.17, 15) is 13.6 Å². The number of hydrogen-bond acceptors (Lipinski definition) is 2. The lowest BCUT2D eigenvalue weighted by atomic mass is 9.92. The summed E-state index contributed by atoms with van der Waals surface area (Å²) in [4.78, 5) is 17.0. The smallest absolute Gasteiger partial charge is 0.227 e. The van der Waals surface area contributed by atoms with Crippen molar-refractivity contribution < 1.29 is 13.6 Å². The van der Waals surface area contributed by atoms with Crippen LogP contribution in [0.3, 0.4) is 0 Å². The molecule has 0 aliphatic heterocycles. The minimum atomic E-state index is -0.692. The minimum Gasteiger partial charge on any atom is -0.296 e. The Kier molecular flexibility index (Phi) is 4.76. The first-order valence-corrected chi connectivity index (χ1v) is 8.79. The molecule has 0 radical (unpaired) electrons. The summed E-state index contributed by atoms with van der Waals surface area (Å²) < 4.78 is 29.2. The second-order valence-corrected chi connectivity index (χ2v) is 8.11. The van der Waals surface area contributed by atoms with Gasteiger partial charge in [0, 0.05) is 12.5 Å². The maximum Gasteiger partial charge on any atom is 0.227 e. The molecule has 27 heavy (non-hydrogen) atoms. The van der Waals surface area contributed by atoms with Crippen molar-refractivity contribution in [3.8, 4) is 5.69 Å². The number of rotatable bonds is 3. The summed E-state index contributed by atoms with van der Waals surface area (Å²) in [5.41, 5.74) is 3.46. The summed E-state index contributed by atoms with van der Waals surface area (Å²) in [5.74, 6) is -1.34. The average Bonchev–Trinajstić information content (AvgIpc) is 2.81. The van der Waals surface area contributed by atoms with Crippen LogP contribution in [-0.4, -0.2) is 15.5 Å². The van der Waals surface area contributed by atoms with Crippen molar-refractivity contribution in [2.75, 3.05) is 5.32 Å². The van der Waals surface area contributed by atoms with Gasteiger partial charge < -0.3 is 0 Å². The van der Waals surface area contributed by atoms with Gasteiger partial charge in [0.1, 0.15) is 11.6 Å². The van der Waals surface area contributed by atoms with Gasteiger partial charge in [-0.3, -0.25) is 14.7 Å². The number of nitrogens with one attached hydrogen (secondary N) is 1. The first-order chi connectivity index (χ1) is 12.5. The highest BCUT2D eigenvalue weighted by Crippen LogP contribution is 2.29. The summed E-state index contributed by atoms with van der Waals surface area (Å²) in [6, 6.07) is 7.06. The van der Waals surface area contributed by atoms with E-state index in [4.69, 9.17) is 0 Å². The number of fused-ring (bicyclic) bond motifs is 1. The van der Waals surface area contributed by atoms with Crippen LogP contribution in [-0.2, 0) is 4.79 Å². The molecule has 0 spiro atoms. The maximum absolute atomic E-state index is 13.8. The van der Waals surface area contributed by atoms with Crippen LogP contribution in [0.15, 0.2) is 30.3 Å². The number of nitrogens with zero attached hydrogens (tertiary/aromatic N) is 2. The van der Waals surface area contributed by atoms with Crippen LogP contribution in [0.4, 0.5) is 14.7 Å². The number of hydrogen-bond donors (Lipinski definition) is 1. The van der Waals surface area contributed by atoms with Gasteiger partial charge in [0.25, 0.3) is 0 Å². The van der Waals surface area contributed by atoms with Crippen molar-refractivity contribution in [3.63, 3.8) is 0 Å². The van der Waals surface area contributed by atoms with Crippen LogP contribution in [0, 0.1) is 30.9 Å². The molecule has 4 nitrogen and oxygen atoms in total. The van der Waals surface area contributed by atoms with Gasteiger partial charge >= 0.3 is 0 Å². The number of benzene rings is 2. The highest BCUT2D eigenvalue weighted by Gasteiger charge is 2.20. The zero-order valence-electron chi connectivity index (χ0n) is 16.2. The Hall–Kier alpha value is -2.76. The third kappa shape index (κ3) is 4.15. The molecule has 3 aromatic rings. The molecule has 0 fully saturated rings. The molecule has 2 aromatic carbocycles. The monoisotopic (exact) mass is 371 g/mol. The SMILES string of the molecule is Cc1cc2nc(NC(=O)CC(C)(C)C)n(-c3cc(F)cc(F)c3)c2cc1C. The Labute approximate surface area is 157 Å². The third-order valence-corrected chi connectivity index (χ3v) is 4.32. The summed E-state index contributed by atoms with van der Waals surface area (Å²) in [6.45, 7) is 9.81. The highest BCUT2D eigenvalue weighted by molar-refractivity contribution is 5.93. The second-order valence-electron chi connectivity index (χ2n) is 8.11. The lowest BCUT2D eigenvalue weighted by Crippen LogP contribution is -2.21. The Bertz CT molecular complexity index is 1010. The van der Waals surface area contributed by atoms with Crippen molar-refractivity contribution in [2.45, 2.75) is 41.0 Å². The van der Waals surface area contributed by atoms with Gasteiger partial charge in [-0.05, 0) is 54.7 Å². The van der Waals surface area contributed by atoms with Gasteiger partial charge in [0.15, 0.2) is 0 Å². The molecule has 142 valence electrons. The predicted molar refractivity (Wildman–Crippen MR) is 103 cm³/mol. The molecular formula is C21H23F2N3O. The van der Waals surface area contributed by atoms with Crippen LogP contribution in [0.25, 0.3) is 16.7 Å². The molecule has 1 amide bonds. The van der Waals surface area contributed by atoms with E-state index in [1.54, 1.807) is 4.57 Å². The molecule has 1 heterocycles. The van der Waals surface area contributed by atoms with Gasteiger partial charge in [0.2, 0.25) is 11.9 Å². The lowest BCUT2D eigenvalue weighted by Gasteiger charge is -2.17. The average molecular weight is 371 g/mol. The zero-order valence-corrected chi connectivity index (χ0v) is 16.2. The molecular weight excluding hydrogens is 348 g/mol. The predicted octanol–water partition coefficient (Wildman–Crippen LogP) is 5.30. The Balaban J connectivity index is 2.18. The van der Waals surface area contributed by atoms with E-state index in [0.29, 0.717) is 17.5 Å². The van der Waals surface area contributed by atoms with E-state index in [0.717, 1.165) is 17.2 Å². The fourth-order valence-corrected chi connectivity index (χ4v) is 3.00. The van der Waals surface area contributed by atoms with Crippen molar-refractivity contribution in [1.82, 2.24) is 9.55 Å². The van der Waals surface area contributed by atoms with Gasteiger partial charge in [-0.15, -0.1) is 0 Å². The number of amides is 1. The van der Waals surface area contributed by atoms with Crippen molar-refractivity contribution >= 4 is 22.9 Å². The van der Waals surface area contributed by atoms with Crippen LogP contribution >= 0.6 is 0 Å². The Morgan fingerprint density at radius 3 is 2.22 bits per heavy atom. The van der Waals surface area contributed by atoms with Crippen LogP contribution < -0.4 is 5.32 Å². The molecule has 0 aliphatic carbocycles. The number of carbonyl (C=O) groups is 1. The Morgan fingerprint density at radius 2 is 1.63 bits per heavy atom. The molecule has 0 atom stereocenters. The quantitative estimate of drug-likeness (QED) is 0.679. The molecule has 6 heteroatoms. The molecule has 1 aromatic heterocycles. The maximum atomic E-state index is 13.8. The summed E-state index contributed by atoms with van der Waals surface area (Å²) in [7, 11) is 0. The fourth-order valence-electron chi connectivity index (χ4n) is 3.00. The largest absolute Gasteiger partial charge is 0.296 e. The second kappa shape index (κ2) is 6.76. The van der Waals surface area contributed by atoms with Gasteiger partial charge in [-0.2, -0.15) is 0 Å². The number of aryl methyl sites for hydroxylation is 2. The van der Waals surface area contributed by atoms with Crippen LogP contribution in [0.1, 0.15) is 38.3 Å². The normalized spacial score (nSPS) is 11.8. The number of anilines is 1. The summed E-state index contributed by atoms with van der Waals surface area (Å²) >= 11 is 0. The standard InChI is InChI=1S/C21H23F2N3O/c1-12-6-17-18(7-13(12)2)26(16-9-14(22)8-15(23)10-16)20(24-17)25-19(27)11-21(3,4)5/h6-10H,11H2,1-5H3,(H,24,25,27). The number of carbonyl (C=O) groups excluding carboxylic acids is 1. The van der Waals surface area contributed by atoms with Crippen LogP contribution in [0.5, 0.6) is 0 Å². The van der Waals surface area contributed by atoms with Gasteiger partial charge in [-0.1, -0.05) is 20.8 Å². The molecule has 0 aliphatic rings. The van der Waals surface area contributed by atoms with Crippen LogP contribution in [0.2, 0.25) is 0 Å². The molecule has 0 unspecified atom stereocenters. The first kappa shape index (κ1) is 19.0. The van der Waals surface area contributed by atoms with Gasteiger partial charge in [0.05, 0.1) is 16.7 Å². The molecule has 3 rings (SSSR count). The van der Waals surface area contributed by atoms with E-state index in [1.807, 2.05) is 46.8 Å². The van der Waals surface area contributed by atoms with E-state index in [-0.39, 0.29) is 23.0 Å². The number of imidazole rings is 1. The summed E-state index contributed by atoms with van der Waals surface area (Å²) in [6.07, 6.45) is 0.297. The van der Waals surface area contributed by atoms with Gasteiger partial charge in [-0.25, -0.2) is 13.8 Å². The third-order valence-electron chi connectivity index (χ3n) is 4.32. The molecule has 0 bridgehead atoms. The van der Waals surface area contributed by atoms with E-state index >= 15 is 0 Å². The van der Waals surface area contributed by atoms with E-state index in [1.165, 1.54) is 12.1 Å². The van der Waals surface area contributed by atoms with Crippen molar-refractivity contribution in [2.24, 2.45) is 5.41 Å². The number of aromatic nitrogens is 2. The van der Waals surface area contributed by atoms with Crippen molar-refractivity contribution in [1.29, 1.82) is 0 Å². The van der Waals surface area contributed by atoms with Crippen molar-refractivity contribution in [3.05, 3.63) is 53.1 Å². The molecule has 0 saturated heterocycles. The Morgan fingerprint density at radius 1 is 1.04 bits per heavy atom. The lowest BCUT2D eigenvalue weighted by molar-refractivity contribution is -0.117. The number of halogens is 2. The fraction of sp³-hybridized carbons (Fsp3) is 0.333. The van der Waals surface area contributed by atoms with E-state index < -0.39 is 11.6 Å². The topological polar surface area (TPSA) is 46.9 Å². The molecule has 0 saturated carbocycles. The highest BCUT2D eigenvalue weighted by atomic mass is 19.1.